The summed E-state index contributed by atoms with van der Waals surface area (Å²) in [5.74, 6) is 1.94. The minimum Gasteiger partial charge on any atom is -0.508 e. The van der Waals surface area contributed by atoms with Crippen molar-refractivity contribution in [1.82, 2.24) is 0 Å². The minimum atomic E-state index is 0.108. The Bertz CT molecular complexity index is 963. The zero-order chi connectivity index (χ0) is 20.1. The number of aromatic hydroxyl groups is 2. The Morgan fingerprint density at radius 1 is 0.414 bits per heavy atom. The van der Waals surface area contributed by atoms with E-state index in [2.05, 4.69) is 0 Å². The van der Waals surface area contributed by atoms with Crippen LogP contribution in [0.2, 0.25) is 0 Å². The zero-order valence-electron chi connectivity index (χ0n) is 15.7. The summed E-state index contributed by atoms with van der Waals surface area (Å²) in [7, 11) is 0. The second kappa shape index (κ2) is 8.40. The Kier molecular flexibility index (Phi) is 5.34. The van der Waals surface area contributed by atoms with Crippen LogP contribution in [-0.4, -0.2) is 17.0 Å². The first kappa shape index (κ1) is 18.4. The van der Waals surface area contributed by atoms with Gasteiger partial charge < -0.3 is 19.7 Å². The molecule has 0 unspecified atom stereocenters. The molecule has 0 aromatic heterocycles. The molecular formula is C25H20O4. The molecular weight excluding hydrogens is 364 g/mol. The van der Waals surface area contributed by atoms with Gasteiger partial charge in [0.05, 0.1) is 0 Å². The van der Waals surface area contributed by atoms with E-state index in [1.165, 1.54) is 0 Å². The predicted molar refractivity (Wildman–Crippen MR) is 113 cm³/mol. The smallest absolute Gasteiger partial charge is 0.230 e. The molecule has 4 aromatic carbocycles. The fourth-order valence-electron chi connectivity index (χ4n) is 2.96. The number of ether oxygens (including phenoxy) is 2. The zero-order valence-corrected chi connectivity index (χ0v) is 15.7. The van der Waals surface area contributed by atoms with E-state index >= 15 is 0 Å². The first-order valence-corrected chi connectivity index (χ1v) is 9.22. The van der Waals surface area contributed by atoms with Gasteiger partial charge in [-0.1, -0.05) is 48.5 Å². The molecule has 0 atom stereocenters. The molecule has 0 aliphatic heterocycles. The average molecular weight is 384 g/mol. The number of hydrogen-bond acceptors (Lipinski definition) is 4. The van der Waals surface area contributed by atoms with Crippen molar-refractivity contribution in [3.8, 4) is 45.3 Å². The highest BCUT2D eigenvalue weighted by Gasteiger charge is 2.02. The van der Waals surface area contributed by atoms with Gasteiger partial charge in [0, 0.05) is 0 Å². The van der Waals surface area contributed by atoms with E-state index in [0.29, 0.717) is 11.5 Å². The van der Waals surface area contributed by atoms with Crippen LogP contribution >= 0.6 is 0 Å². The lowest BCUT2D eigenvalue weighted by molar-refractivity contribution is 0.120. The molecule has 0 aliphatic carbocycles. The van der Waals surface area contributed by atoms with Gasteiger partial charge in [-0.25, -0.2) is 0 Å². The summed E-state index contributed by atoms with van der Waals surface area (Å²) in [5, 5.41) is 18.8. The largest absolute Gasteiger partial charge is 0.508 e. The van der Waals surface area contributed by atoms with E-state index in [9.17, 15) is 10.2 Å². The molecule has 4 aromatic rings. The lowest BCUT2D eigenvalue weighted by Crippen LogP contribution is -2.05. The monoisotopic (exact) mass is 384 g/mol. The van der Waals surface area contributed by atoms with Crippen molar-refractivity contribution in [2.24, 2.45) is 0 Å². The van der Waals surface area contributed by atoms with Crippen molar-refractivity contribution in [2.75, 3.05) is 6.79 Å². The highest BCUT2D eigenvalue weighted by atomic mass is 16.7. The summed E-state index contributed by atoms with van der Waals surface area (Å²) in [6, 6.07) is 29.6. The van der Waals surface area contributed by atoms with E-state index in [1.54, 1.807) is 24.3 Å². The maximum atomic E-state index is 9.38. The Morgan fingerprint density at radius 2 is 0.690 bits per heavy atom. The highest BCUT2D eigenvalue weighted by Crippen LogP contribution is 2.26. The second-order valence-corrected chi connectivity index (χ2v) is 6.55. The molecule has 29 heavy (non-hydrogen) atoms. The molecule has 0 aliphatic rings. The molecule has 0 fully saturated rings. The molecule has 144 valence electrons. The number of phenolic OH excluding ortho intramolecular Hbond substituents is 2. The maximum absolute atomic E-state index is 9.38. The molecule has 0 amide bonds. The highest BCUT2D eigenvalue weighted by molar-refractivity contribution is 5.65. The van der Waals surface area contributed by atoms with Crippen LogP contribution in [0.15, 0.2) is 97.1 Å². The van der Waals surface area contributed by atoms with Crippen LogP contribution in [0, 0.1) is 0 Å². The fraction of sp³-hybridized carbons (Fsp3) is 0.0400. The third kappa shape index (κ3) is 4.68. The molecule has 0 heterocycles. The Labute approximate surface area is 169 Å². The summed E-state index contributed by atoms with van der Waals surface area (Å²) in [5.41, 5.74) is 4.14. The number of hydrogen-bond donors (Lipinski definition) is 2. The van der Waals surface area contributed by atoms with E-state index in [-0.39, 0.29) is 18.3 Å². The molecule has 0 bridgehead atoms. The standard InChI is InChI=1S/C25H20O4/c26-22-9-1-18(2-10-22)20-5-13-24(14-6-20)28-17-29-25-15-7-21(8-16-25)19-3-11-23(27)12-4-19/h1-16,26-27H,17H2. The van der Waals surface area contributed by atoms with Gasteiger partial charge >= 0.3 is 0 Å². The van der Waals surface area contributed by atoms with Crippen LogP contribution in [0.25, 0.3) is 22.3 Å². The van der Waals surface area contributed by atoms with Crippen LogP contribution in [-0.2, 0) is 0 Å². The topological polar surface area (TPSA) is 58.9 Å². The first-order valence-electron chi connectivity index (χ1n) is 9.22. The molecule has 0 saturated carbocycles. The van der Waals surface area contributed by atoms with Gasteiger partial charge in [0.25, 0.3) is 0 Å². The van der Waals surface area contributed by atoms with Gasteiger partial charge in [-0.2, -0.15) is 0 Å². The molecule has 0 saturated heterocycles. The van der Waals surface area contributed by atoms with Gasteiger partial charge in [-0.15, -0.1) is 0 Å². The van der Waals surface area contributed by atoms with Gasteiger partial charge in [0.2, 0.25) is 6.79 Å². The average Bonchev–Trinajstić information content (AvgIpc) is 2.76. The summed E-state index contributed by atoms with van der Waals surface area (Å²) in [6.07, 6.45) is 0. The Hall–Kier alpha value is -3.92. The van der Waals surface area contributed by atoms with Crippen molar-refractivity contribution in [3.05, 3.63) is 97.1 Å². The summed E-state index contributed by atoms with van der Waals surface area (Å²) in [4.78, 5) is 0. The third-order valence-electron chi connectivity index (χ3n) is 4.56. The lowest BCUT2D eigenvalue weighted by Gasteiger charge is -2.10. The minimum absolute atomic E-state index is 0.108. The summed E-state index contributed by atoms with van der Waals surface area (Å²) in [6.45, 7) is 0.108. The fourth-order valence-corrected chi connectivity index (χ4v) is 2.96. The Morgan fingerprint density at radius 3 is 1.00 bits per heavy atom. The molecule has 4 heteroatoms. The molecule has 0 spiro atoms. The first-order chi connectivity index (χ1) is 14.2. The maximum Gasteiger partial charge on any atom is 0.230 e. The van der Waals surface area contributed by atoms with Crippen LogP contribution in [0.1, 0.15) is 0 Å². The molecule has 2 N–H and O–H groups in total. The van der Waals surface area contributed by atoms with Crippen LogP contribution < -0.4 is 9.47 Å². The third-order valence-corrected chi connectivity index (χ3v) is 4.56. The SMILES string of the molecule is Oc1ccc(-c2ccc(OCOc3ccc(-c4ccc(O)cc4)cc3)cc2)cc1. The van der Waals surface area contributed by atoms with Crippen molar-refractivity contribution >= 4 is 0 Å². The Balaban J connectivity index is 1.31. The van der Waals surface area contributed by atoms with E-state index in [4.69, 9.17) is 9.47 Å². The number of rotatable bonds is 6. The normalized spacial score (nSPS) is 10.5. The summed E-state index contributed by atoms with van der Waals surface area (Å²) >= 11 is 0. The van der Waals surface area contributed by atoms with Crippen LogP contribution in [0.4, 0.5) is 0 Å². The van der Waals surface area contributed by atoms with Gasteiger partial charge in [-0.3, -0.25) is 0 Å². The van der Waals surface area contributed by atoms with E-state index in [0.717, 1.165) is 22.3 Å². The molecule has 4 nitrogen and oxygen atoms in total. The van der Waals surface area contributed by atoms with Crippen molar-refractivity contribution in [1.29, 1.82) is 0 Å². The van der Waals surface area contributed by atoms with Crippen molar-refractivity contribution in [3.63, 3.8) is 0 Å². The summed E-state index contributed by atoms with van der Waals surface area (Å²) < 4.78 is 11.3. The van der Waals surface area contributed by atoms with Gasteiger partial charge in [-0.05, 0) is 70.8 Å². The van der Waals surface area contributed by atoms with Gasteiger partial charge in [0.1, 0.15) is 23.0 Å². The molecule has 0 radical (unpaired) electrons. The van der Waals surface area contributed by atoms with E-state index in [1.807, 2.05) is 72.8 Å². The lowest BCUT2D eigenvalue weighted by atomic mass is 10.1. The van der Waals surface area contributed by atoms with E-state index < -0.39 is 0 Å². The predicted octanol–water partition coefficient (Wildman–Crippen LogP) is 5.85. The van der Waals surface area contributed by atoms with Crippen LogP contribution in [0.5, 0.6) is 23.0 Å². The van der Waals surface area contributed by atoms with Crippen molar-refractivity contribution in [2.45, 2.75) is 0 Å². The van der Waals surface area contributed by atoms with Crippen LogP contribution in [0.3, 0.4) is 0 Å². The number of benzene rings is 4. The van der Waals surface area contributed by atoms with Crippen molar-refractivity contribution < 1.29 is 19.7 Å². The second-order valence-electron chi connectivity index (χ2n) is 6.55. The number of phenols is 2. The van der Waals surface area contributed by atoms with Gasteiger partial charge in [0.15, 0.2) is 0 Å². The molecule has 4 rings (SSSR count). The quantitative estimate of drug-likeness (QED) is 0.410.